The number of amides is 2. The van der Waals surface area contributed by atoms with Gasteiger partial charge < -0.3 is 15.7 Å². The number of carbonyl (C=O) groups is 2. The Hall–Kier alpha value is -2.86. The Morgan fingerprint density at radius 1 is 0.966 bits per heavy atom. The summed E-state index contributed by atoms with van der Waals surface area (Å²) in [6.45, 7) is 2.02. The minimum atomic E-state index is -0.127. The zero-order valence-corrected chi connectivity index (χ0v) is 16.4. The summed E-state index contributed by atoms with van der Waals surface area (Å²) in [5.41, 5.74) is 2.32. The van der Waals surface area contributed by atoms with Crippen LogP contribution in [-0.2, 0) is 4.79 Å². The van der Waals surface area contributed by atoms with Gasteiger partial charge in [0.25, 0.3) is 5.91 Å². The van der Waals surface area contributed by atoms with Gasteiger partial charge in [0.15, 0.2) is 0 Å². The molecule has 2 aromatic carbocycles. The first-order valence-corrected chi connectivity index (χ1v) is 10.3. The Bertz CT molecular complexity index is 869. The van der Waals surface area contributed by atoms with E-state index < -0.39 is 0 Å². The van der Waals surface area contributed by atoms with Crippen molar-refractivity contribution in [3.8, 4) is 5.75 Å². The number of phenols is 1. The Morgan fingerprint density at radius 2 is 1.66 bits per heavy atom. The van der Waals surface area contributed by atoms with E-state index in [0.717, 1.165) is 38.8 Å². The fourth-order valence-electron chi connectivity index (χ4n) is 3.84. The van der Waals surface area contributed by atoms with Crippen LogP contribution >= 0.6 is 0 Å². The number of hydrogen-bond donors (Lipinski definition) is 3. The van der Waals surface area contributed by atoms with Crippen LogP contribution in [-0.4, -0.2) is 47.5 Å². The van der Waals surface area contributed by atoms with Crippen LogP contribution in [0, 0.1) is 0 Å². The number of nitrogens with zero attached hydrogens (tertiary/aromatic N) is 1. The molecule has 1 aliphatic heterocycles. The quantitative estimate of drug-likeness (QED) is 0.704. The molecule has 6 nitrogen and oxygen atoms in total. The SMILES string of the molecule is O=C(CN1CCC(c2ccc(O)cc2)CC1)Nc1ccccc1C(=O)NC1CC1. The van der Waals surface area contributed by atoms with Crippen LogP contribution < -0.4 is 10.6 Å². The largest absolute Gasteiger partial charge is 0.508 e. The zero-order valence-electron chi connectivity index (χ0n) is 16.4. The van der Waals surface area contributed by atoms with Gasteiger partial charge in [-0.25, -0.2) is 0 Å². The predicted octanol–water partition coefficient (Wildman–Crippen LogP) is 3.10. The van der Waals surface area contributed by atoms with Gasteiger partial charge in [-0.15, -0.1) is 0 Å². The van der Waals surface area contributed by atoms with Crippen molar-refractivity contribution in [2.45, 2.75) is 37.6 Å². The highest BCUT2D eigenvalue weighted by Crippen LogP contribution is 2.29. The second-order valence-electron chi connectivity index (χ2n) is 7.98. The lowest BCUT2D eigenvalue weighted by Crippen LogP contribution is -2.39. The smallest absolute Gasteiger partial charge is 0.253 e. The Balaban J connectivity index is 1.29. The molecular weight excluding hydrogens is 366 g/mol. The van der Waals surface area contributed by atoms with Gasteiger partial charge in [-0.3, -0.25) is 14.5 Å². The van der Waals surface area contributed by atoms with E-state index in [9.17, 15) is 14.7 Å². The minimum Gasteiger partial charge on any atom is -0.508 e. The molecular formula is C23H27N3O3. The summed E-state index contributed by atoms with van der Waals surface area (Å²) in [6.07, 6.45) is 4.03. The summed E-state index contributed by atoms with van der Waals surface area (Å²) in [7, 11) is 0. The summed E-state index contributed by atoms with van der Waals surface area (Å²) in [5.74, 6) is 0.522. The van der Waals surface area contributed by atoms with Crippen molar-refractivity contribution in [2.24, 2.45) is 0 Å². The van der Waals surface area contributed by atoms with Crippen LogP contribution in [0.2, 0.25) is 0 Å². The molecule has 1 saturated heterocycles. The van der Waals surface area contributed by atoms with E-state index in [1.807, 2.05) is 24.3 Å². The van der Waals surface area contributed by atoms with Gasteiger partial charge in [0.05, 0.1) is 17.8 Å². The molecule has 1 aliphatic carbocycles. The summed E-state index contributed by atoms with van der Waals surface area (Å²) in [4.78, 5) is 27.1. The topological polar surface area (TPSA) is 81.7 Å². The molecule has 3 N–H and O–H groups in total. The molecule has 0 unspecified atom stereocenters. The highest BCUT2D eigenvalue weighted by Gasteiger charge is 2.26. The number of piperidine rings is 1. The Labute approximate surface area is 170 Å². The van der Waals surface area contributed by atoms with E-state index in [-0.39, 0.29) is 23.6 Å². The first kappa shape index (κ1) is 19.5. The maximum Gasteiger partial charge on any atom is 0.253 e. The summed E-state index contributed by atoms with van der Waals surface area (Å²) in [5, 5.41) is 15.3. The van der Waals surface area contributed by atoms with Crippen LogP contribution in [0.25, 0.3) is 0 Å². The first-order valence-electron chi connectivity index (χ1n) is 10.3. The second-order valence-corrected chi connectivity index (χ2v) is 7.98. The summed E-state index contributed by atoms with van der Waals surface area (Å²) < 4.78 is 0. The van der Waals surface area contributed by atoms with E-state index >= 15 is 0 Å². The van der Waals surface area contributed by atoms with Crippen molar-refractivity contribution < 1.29 is 14.7 Å². The van der Waals surface area contributed by atoms with Crippen molar-refractivity contribution in [3.63, 3.8) is 0 Å². The highest BCUT2D eigenvalue weighted by atomic mass is 16.3. The van der Waals surface area contributed by atoms with Crippen LogP contribution in [0.15, 0.2) is 48.5 Å². The predicted molar refractivity (Wildman–Crippen MR) is 112 cm³/mol. The molecule has 1 heterocycles. The van der Waals surface area contributed by atoms with Crippen molar-refractivity contribution in [2.75, 3.05) is 25.0 Å². The Morgan fingerprint density at radius 3 is 2.34 bits per heavy atom. The van der Waals surface area contributed by atoms with E-state index in [0.29, 0.717) is 23.7 Å². The molecule has 2 aromatic rings. The van der Waals surface area contributed by atoms with Crippen molar-refractivity contribution in [1.82, 2.24) is 10.2 Å². The number of carbonyl (C=O) groups excluding carboxylic acids is 2. The standard InChI is InChI=1S/C23H27N3O3/c27-19-9-5-16(6-10-19)17-11-13-26(14-12-17)15-22(28)25-21-4-2-1-3-20(21)23(29)24-18-7-8-18/h1-6,9-10,17-18,27H,7-8,11-15H2,(H,24,29)(H,25,28). The molecule has 1 saturated carbocycles. The molecule has 4 rings (SSSR count). The Kier molecular flexibility index (Phi) is 5.81. The van der Waals surface area contributed by atoms with Gasteiger partial charge in [0.1, 0.15) is 5.75 Å². The first-order chi connectivity index (χ1) is 14.1. The number of hydrogen-bond acceptors (Lipinski definition) is 4. The molecule has 29 heavy (non-hydrogen) atoms. The summed E-state index contributed by atoms with van der Waals surface area (Å²) in [6, 6.07) is 14.8. The lowest BCUT2D eigenvalue weighted by atomic mass is 9.89. The van der Waals surface area contributed by atoms with Gasteiger partial charge in [-0.2, -0.15) is 0 Å². The fraction of sp³-hybridized carbons (Fsp3) is 0.391. The van der Waals surface area contributed by atoms with Crippen molar-refractivity contribution >= 4 is 17.5 Å². The number of para-hydroxylation sites is 1. The zero-order chi connectivity index (χ0) is 20.2. The third-order valence-electron chi connectivity index (χ3n) is 5.68. The lowest BCUT2D eigenvalue weighted by molar-refractivity contribution is -0.117. The number of benzene rings is 2. The average Bonchev–Trinajstić information content (AvgIpc) is 3.53. The number of anilines is 1. The van der Waals surface area contributed by atoms with Crippen molar-refractivity contribution in [1.29, 1.82) is 0 Å². The maximum atomic E-state index is 12.6. The van der Waals surface area contributed by atoms with E-state index in [4.69, 9.17) is 0 Å². The van der Waals surface area contributed by atoms with Gasteiger partial charge in [0, 0.05) is 6.04 Å². The number of aromatic hydroxyl groups is 1. The number of rotatable bonds is 6. The van der Waals surface area contributed by atoms with Gasteiger partial charge in [-0.05, 0) is 74.5 Å². The van der Waals surface area contributed by atoms with Crippen molar-refractivity contribution in [3.05, 3.63) is 59.7 Å². The number of phenolic OH excluding ortho intramolecular Hbond substituents is 1. The third-order valence-corrected chi connectivity index (χ3v) is 5.68. The minimum absolute atomic E-state index is 0.0974. The molecule has 0 atom stereocenters. The van der Waals surface area contributed by atoms with Crippen LogP contribution in [0.5, 0.6) is 5.75 Å². The molecule has 6 heteroatoms. The fourth-order valence-corrected chi connectivity index (χ4v) is 3.84. The monoisotopic (exact) mass is 393 g/mol. The third kappa shape index (κ3) is 5.15. The maximum absolute atomic E-state index is 12.6. The van der Waals surface area contributed by atoms with E-state index in [1.54, 1.807) is 24.3 Å². The van der Waals surface area contributed by atoms with Gasteiger partial charge in [-0.1, -0.05) is 24.3 Å². The van der Waals surface area contributed by atoms with Crippen LogP contribution in [0.3, 0.4) is 0 Å². The molecule has 2 amide bonds. The molecule has 152 valence electrons. The average molecular weight is 393 g/mol. The molecule has 0 aromatic heterocycles. The molecule has 0 spiro atoms. The highest BCUT2D eigenvalue weighted by molar-refractivity contribution is 6.04. The van der Waals surface area contributed by atoms with Gasteiger partial charge >= 0.3 is 0 Å². The summed E-state index contributed by atoms with van der Waals surface area (Å²) >= 11 is 0. The molecule has 2 aliphatic rings. The number of likely N-dealkylation sites (tertiary alicyclic amines) is 1. The van der Waals surface area contributed by atoms with E-state index in [1.165, 1.54) is 5.56 Å². The van der Waals surface area contributed by atoms with Crippen LogP contribution in [0.4, 0.5) is 5.69 Å². The molecule has 2 fully saturated rings. The lowest BCUT2D eigenvalue weighted by Gasteiger charge is -2.31. The number of nitrogens with one attached hydrogen (secondary N) is 2. The van der Waals surface area contributed by atoms with Crippen LogP contribution in [0.1, 0.15) is 47.5 Å². The van der Waals surface area contributed by atoms with E-state index in [2.05, 4.69) is 15.5 Å². The molecule has 0 radical (unpaired) electrons. The normalized spacial score (nSPS) is 17.7. The second kappa shape index (κ2) is 8.66. The van der Waals surface area contributed by atoms with Gasteiger partial charge in [0.2, 0.25) is 5.91 Å². The molecule has 0 bridgehead atoms.